The molecule has 3 aromatic heterocycles. The highest BCUT2D eigenvalue weighted by molar-refractivity contribution is 6.09. The summed E-state index contributed by atoms with van der Waals surface area (Å²) < 4.78 is 6.19. The fourth-order valence-corrected chi connectivity index (χ4v) is 3.93. The highest BCUT2D eigenvalue weighted by atomic mass is 16.3. The van der Waals surface area contributed by atoms with Crippen LogP contribution >= 0.6 is 0 Å². The van der Waals surface area contributed by atoms with Gasteiger partial charge in [-0.1, -0.05) is 60.7 Å². The van der Waals surface area contributed by atoms with E-state index >= 15 is 0 Å². The molecular weight excluding hydrogens is 372 g/mol. The number of nitrogen functional groups attached to an aromatic ring is 1. The van der Waals surface area contributed by atoms with Crippen molar-refractivity contribution in [2.45, 2.75) is 0 Å². The molecule has 30 heavy (non-hydrogen) atoms. The number of hydrogen-bond donors (Lipinski definition) is 1. The molecule has 0 saturated carbocycles. The number of fused-ring (bicyclic) bond motifs is 4. The number of benzene rings is 3. The average Bonchev–Trinajstić information content (AvgIpc) is 3.18. The van der Waals surface area contributed by atoms with Gasteiger partial charge in [0.05, 0.1) is 11.2 Å². The predicted molar refractivity (Wildman–Crippen MR) is 120 cm³/mol. The molecule has 2 N–H and O–H groups in total. The van der Waals surface area contributed by atoms with Crippen molar-refractivity contribution in [1.29, 1.82) is 0 Å². The molecule has 0 amide bonds. The summed E-state index contributed by atoms with van der Waals surface area (Å²) in [7, 11) is 0. The van der Waals surface area contributed by atoms with Crippen LogP contribution in [0.25, 0.3) is 55.5 Å². The Balaban J connectivity index is 1.64. The number of nitrogens with two attached hydrogens (primary N) is 1. The Bertz CT molecular complexity index is 1550. The number of nitrogens with zero attached hydrogens (tertiary/aromatic N) is 3. The fourth-order valence-electron chi connectivity index (χ4n) is 3.93. The van der Waals surface area contributed by atoms with E-state index in [-0.39, 0.29) is 5.95 Å². The zero-order chi connectivity index (χ0) is 20.1. The lowest BCUT2D eigenvalue weighted by molar-refractivity contribution is 0.670. The lowest BCUT2D eigenvalue weighted by Gasteiger charge is -2.08. The van der Waals surface area contributed by atoms with Crippen LogP contribution in [0, 0.1) is 0 Å². The summed E-state index contributed by atoms with van der Waals surface area (Å²) in [5.41, 5.74) is 12.5. The second-order valence-corrected chi connectivity index (χ2v) is 7.14. The normalized spacial score (nSPS) is 11.5. The zero-order valence-corrected chi connectivity index (χ0v) is 15.9. The van der Waals surface area contributed by atoms with Gasteiger partial charge < -0.3 is 10.2 Å². The lowest BCUT2D eigenvalue weighted by Crippen LogP contribution is -2.00. The maximum atomic E-state index is 6.19. The van der Waals surface area contributed by atoms with Gasteiger partial charge in [0, 0.05) is 21.9 Å². The van der Waals surface area contributed by atoms with E-state index in [0.29, 0.717) is 11.0 Å². The van der Waals surface area contributed by atoms with E-state index in [0.717, 1.165) is 44.5 Å². The van der Waals surface area contributed by atoms with Crippen molar-refractivity contribution in [2.24, 2.45) is 0 Å². The van der Waals surface area contributed by atoms with E-state index < -0.39 is 0 Å². The predicted octanol–water partition coefficient (Wildman–Crippen LogP) is 5.84. The van der Waals surface area contributed by atoms with Gasteiger partial charge >= 0.3 is 0 Å². The number of hydrogen-bond acceptors (Lipinski definition) is 5. The highest BCUT2D eigenvalue weighted by Crippen LogP contribution is 2.36. The first-order valence-electron chi connectivity index (χ1n) is 9.68. The minimum absolute atomic E-state index is 0.232. The van der Waals surface area contributed by atoms with Crippen LogP contribution in [0.15, 0.2) is 89.3 Å². The van der Waals surface area contributed by atoms with E-state index in [1.54, 1.807) is 0 Å². The quantitative estimate of drug-likeness (QED) is 0.403. The van der Waals surface area contributed by atoms with E-state index in [1.165, 1.54) is 0 Å². The molecule has 0 aliphatic heterocycles. The number of rotatable bonds is 2. The first-order valence-corrected chi connectivity index (χ1v) is 9.68. The molecule has 6 aromatic rings. The molecule has 0 saturated heterocycles. The smallest absolute Gasteiger partial charge is 0.221 e. The van der Waals surface area contributed by atoms with Crippen molar-refractivity contribution >= 4 is 38.9 Å². The van der Waals surface area contributed by atoms with Gasteiger partial charge in [0.2, 0.25) is 5.95 Å². The molecule has 0 spiro atoms. The molecule has 0 unspecified atom stereocenters. The molecule has 5 nitrogen and oxygen atoms in total. The summed E-state index contributed by atoms with van der Waals surface area (Å²) >= 11 is 0. The Morgan fingerprint density at radius 1 is 0.667 bits per heavy atom. The Morgan fingerprint density at radius 2 is 1.47 bits per heavy atom. The lowest BCUT2D eigenvalue weighted by atomic mass is 10.1. The van der Waals surface area contributed by atoms with Crippen LogP contribution in [-0.4, -0.2) is 15.0 Å². The summed E-state index contributed by atoms with van der Waals surface area (Å²) in [4.78, 5) is 13.8. The largest absolute Gasteiger partial charge is 0.455 e. The molecule has 142 valence electrons. The summed E-state index contributed by atoms with van der Waals surface area (Å²) in [6.45, 7) is 0. The molecule has 0 bridgehead atoms. The Morgan fingerprint density at radius 3 is 2.37 bits per heavy atom. The SMILES string of the molecule is Nc1nc(-c2ccccc2)c2nc(-c3cccc4c3oc3ccccc34)ccc2n1. The van der Waals surface area contributed by atoms with Gasteiger partial charge in [-0.25, -0.2) is 15.0 Å². The molecule has 0 radical (unpaired) electrons. The third kappa shape index (κ3) is 2.53. The first-order chi connectivity index (χ1) is 14.8. The van der Waals surface area contributed by atoms with Crippen molar-refractivity contribution in [1.82, 2.24) is 15.0 Å². The van der Waals surface area contributed by atoms with Crippen LogP contribution in [0.4, 0.5) is 5.95 Å². The summed E-state index contributed by atoms with van der Waals surface area (Å²) in [6, 6.07) is 28.0. The van der Waals surface area contributed by atoms with Crippen molar-refractivity contribution < 1.29 is 4.42 Å². The van der Waals surface area contributed by atoms with Crippen LogP contribution < -0.4 is 5.73 Å². The molecule has 0 aliphatic carbocycles. The van der Waals surface area contributed by atoms with E-state index in [1.807, 2.05) is 72.8 Å². The van der Waals surface area contributed by atoms with Crippen molar-refractivity contribution in [3.8, 4) is 22.5 Å². The molecule has 0 atom stereocenters. The molecule has 0 fully saturated rings. The first kappa shape index (κ1) is 16.7. The number of furan rings is 1. The number of anilines is 1. The average molecular weight is 388 g/mol. The van der Waals surface area contributed by atoms with Crippen molar-refractivity contribution in [2.75, 3.05) is 5.73 Å². The molecule has 0 aliphatic rings. The summed E-state index contributed by atoms with van der Waals surface area (Å²) in [5.74, 6) is 0.232. The Kier molecular flexibility index (Phi) is 3.55. The molecule has 5 heteroatoms. The molecular formula is C25H16N4O. The summed E-state index contributed by atoms with van der Waals surface area (Å²) in [6.07, 6.45) is 0. The van der Waals surface area contributed by atoms with Crippen LogP contribution in [-0.2, 0) is 0 Å². The monoisotopic (exact) mass is 388 g/mol. The van der Waals surface area contributed by atoms with E-state index in [2.05, 4.69) is 22.1 Å². The topological polar surface area (TPSA) is 77.8 Å². The van der Waals surface area contributed by atoms with Crippen molar-refractivity contribution in [3.05, 3.63) is 84.9 Å². The van der Waals surface area contributed by atoms with Gasteiger partial charge in [-0.2, -0.15) is 0 Å². The minimum Gasteiger partial charge on any atom is -0.455 e. The molecule has 3 aromatic carbocycles. The van der Waals surface area contributed by atoms with Crippen LogP contribution in [0.2, 0.25) is 0 Å². The van der Waals surface area contributed by atoms with Crippen LogP contribution in [0.1, 0.15) is 0 Å². The minimum atomic E-state index is 0.232. The van der Waals surface area contributed by atoms with E-state index in [9.17, 15) is 0 Å². The van der Waals surface area contributed by atoms with Gasteiger partial charge in [-0.15, -0.1) is 0 Å². The van der Waals surface area contributed by atoms with Crippen molar-refractivity contribution in [3.63, 3.8) is 0 Å². The fraction of sp³-hybridized carbons (Fsp3) is 0. The van der Waals surface area contributed by atoms with E-state index in [4.69, 9.17) is 15.1 Å². The third-order valence-corrected chi connectivity index (χ3v) is 5.29. The standard InChI is InChI=1S/C25H16N4O/c26-25-28-20-14-13-19(27-23(20)22(29-25)15-7-2-1-3-8-15)18-11-6-10-17-16-9-4-5-12-21(16)30-24(17)18/h1-14H,(H2,26,28,29). The zero-order valence-electron chi connectivity index (χ0n) is 15.9. The van der Waals surface area contributed by atoms with Crippen LogP contribution in [0.3, 0.4) is 0 Å². The number of pyridine rings is 1. The Hall–Kier alpha value is -4.25. The highest BCUT2D eigenvalue weighted by Gasteiger charge is 2.15. The van der Waals surface area contributed by atoms with Gasteiger partial charge in [-0.05, 0) is 24.3 Å². The molecule has 6 rings (SSSR count). The van der Waals surface area contributed by atoms with Gasteiger partial charge in [0.15, 0.2) is 0 Å². The third-order valence-electron chi connectivity index (χ3n) is 5.29. The number of aromatic nitrogens is 3. The maximum absolute atomic E-state index is 6.19. The Labute approximate surface area is 171 Å². The second kappa shape index (κ2) is 6.39. The summed E-state index contributed by atoms with van der Waals surface area (Å²) in [5, 5.41) is 2.16. The van der Waals surface area contributed by atoms with Gasteiger partial charge in [0.25, 0.3) is 0 Å². The maximum Gasteiger partial charge on any atom is 0.221 e. The molecule has 3 heterocycles. The van der Waals surface area contributed by atoms with Crippen LogP contribution in [0.5, 0.6) is 0 Å². The van der Waals surface area contributed by atoms with Gasteiger partial charge in [-0.3, -0.25) is 0 Å². The van der Waals surface area contributed by atoms with Gasteiger partial charge in [0.1, 0.15) is 22.4 Å². The second-order valence-electron chi connectivity index (χ2n) is 7.14. The number of para-hydroxylation sites is 2.